The molecule has 39 heavy (non-hydrogen) atoms. The van der Waals surface area contributed by atoms with E-state index >= 15 is 0 Å². The fraction of sp³-hybridized carbons (Fsp3) is 0.429. The molecule has 1 aromatic heterocycles. The number of nitrogens with one attached hydrogen (secondary N) is 1. The largest absolute Gasteiger partial charge is 0.507 e. The molecule has 0 spiro atoms. The molecule has 2 N–H and O–H groups in total. The Hall–Kier alpha value is -2.53. The number of hydrogen-bond acceptors (Lipinski definition) is 6. The maximum atomic E-state index is 13.5. The van der Waals surface area contributed by atoms with Gasteiger partial charge < -0.3 is 19.9 Å². The summed E-state index contributed by atoms with van der Waals surface area (Å²) in [6, 6.07) is 7.14. The standard InChI is InChI=1S/C28H33ClF3N3O3S/c1-4-35(5-2)14-13-34(3)12-6-7-20(36)17-39-26-25(22-16-19(29)9-11-24(22)37)21-15-18(28(30,31)32)8-10-23(21)33-27(26)38/h8-11,15-16,37H,4-7,12-14,17H2,1-3H3,(H,33,38). The molecule has 11 heteroatoms. The summed E-state index contributed by atoms with van der Waals surface area (Å²) in [6.45, 7) is 8.80. The molecule has 212 valence electrons. The van der Waals surface area contributed by atoms with Crippen LogP contribution in [-0.4, -0.2) is 71.2 Å². The first-order chi connectivity index (χ1) is 18.4. The van der Waals surface area contributed by atoms with Crippen LogP contribution in [0, 0.1) is 0 Å². The van der Waals surface area contributed by atoms with Crippen LogP contribution >= 0.6 is 23.4 Å². The fourth-order valence-corrected chi connectivity index (χ4v) is 5.47. The van der Waals surface area contributed by atoms with Gasteiger partial charge in [0, 0.05) is 46.6 Å². The minimum absolute atomic E-state index is 0.0367. The lowest BCUT2D eigenvalue weighted by Crippen LogP contribution is -2.33. The third-order valence-electron chi connectivity index (χ3n) is 6.59. The number of rotatable bonds is 13. The van der Waals surface area contributed by atoms with Crippen LogP contribution in [0.15, 0.2) is 46.1 Å². The van der Waals surface area contributed by atoms with Crippen LogP contribution in [0.5, 0.6) is 5.75 Å². The van der Waals surface area contributed by atoms with Crippen LogP contribution in [0.2, 0.25) is 5.02 Å². The number of carbonyl (C=O) groups excluding carboxylic acids is 1. The Morgan fingerprint density at radius 3 is 2.46 bits per heavy atom. The molecular formula is C28H33ClF3N3O3S. The van der Waals surface area contributed by atoms with Gasteiger partial charge >= 0.3 is 6.18 Å². The molecule has 3 rings (SSSR count). The maximum Gasteiger partial charge on any atom is 0.416 e. The monoisotopic (exact) mass is 583 g/mol. The number of hydrogen-bond donors (Lipinski definition) is 2. The summed E-state index contributed by atoms with van der Waals surface area (Å²) in [5.41, 5.74) is -1.07. The van der Waals surface area contributed by atoms with Crippen LogP contribution in [0.25, 0.3) is 22.0 Å². The number of nitrogens with zero attached hydrogens (tertiary/aromatic N) is 2. The Balaban J connectivity index is 1.84. The molecule has 0 fully saturated rings. The van der Waals surface area contributed by atoms with Gasteiger partial charge in [-0.05, 0) is 69.5 Å². The van der Waals surface area contributed by atoms with E-state index in [1.54, 1.807) is 0 Å². The van der Waals surface area contributed by atoms with E-state index in [0.29, 0.717) is 12.8 Å². The molecule has 0 bridgehead atoms. The molecule has 2 aromatic carbocycles. The topological polar surface area (TPSA) is 76.6 Å². The lowest BCUT2D eigenvalue weighted by Gasteiger charge is -2.22. The number of aromatic nitrogens is 1. The average molecular weight is 584 g/mol. The molecule has 3 aromatic rings. The summed E-state index contributed by atoms with van der Waals surface area (Å²) in [7, 11) is 2.01. The number of H-pyrrole nitrogens is 1. The summed E-state index contributed by atoms with van der Waals surface area (Å²) < 4.78 is 40.6. The number of likely N-dealkylation sites (N-methyl/N-ethyl adjacent to an activating group) is 2. The van der Waals surface area contributed by atoms with Crippen LogP contribution in [-0.2, 0) is 11.0 Å². The van der Waals surface area contributed by atoms with Gasteiger partial charge in [0.15, 0.2) is 0 Å². The number of halogens is 4. The zero-order chi connectivity index (χ0) is 28.7. The van der Waals surface area contributed by atoms with Gasteiger partial charge in [0.05, 0.1) is 16.2 Å². The summed E-state index contributed by atoms with van der Waals surface area (Å²) in [4.78, 5) is 32.9. The smallest absolute Gasteiger partial charge is 0.416 e. The molecule has 0 aliphatic heterocycles. The quantitative estimate of drug-likeness (QED) is 0.230. The Bertz CT molecular complexity index is 1360. The number of alkyl halides is 3. The highest BCUT2D eigenvalue weighted by molar-refractivity contribution is 8.00. The maximum absolute atomic E-state index is 13.5. The second-order valence-corrected chi connectivity index (χ2v) is 10.8. The van der Waals surface area contributed by atoms with Gasteiger partial charge in [-0.1, -0.05) is 25.4 Å². The molecule has 0 saturated carbocycles. The van der Waals surface area contributed by atoms with Crippen LogP contribution in [0.1, 0.15) is 32.3 Å². The molecule has 0 radical (unpaired) electrons. The van der Waals surface area contributed by atoms with E-state index in [-0.39, 0.29) is 49.2 Å². The highest BCUT2D eigenvalue weighted by atomic mass is 35.5. The number of benzene rings is 2. The molecule has 0 aliphatic carbocycles. The second kappa shape index (κ2) is 13.7. The van der Waals surface area contributed by atoms with Crippen LogP contribution in [0.3, 0.4) is 0 Å². The molecule has 1 heterocycles. The van der Waals surface area contributed by atoms with Gasteiger partial charge in [-0.15, -0.1) is 11.8 Å². The van der Waals surface area contributed by atoms with Crippen molar-refractivity contribution in [3.63, 3.8) is 0 Å². The van der Waals surface area contributed by atoms with E-state index < -0.39 is 17.3 Å². The Morgan fingerprint density at radius 1 is 1.08 bits per heavy atom. The Kier molecular flexibility index (Phi) is 10.9. The van der Waals surface area contributed by atoms with Crippen molar-refractivity contribution in [1.29, 1.82) is 0 Å². The average Bonchev–Trinajstić information content (AvgIpc) is 2.88. The van der Waals surface area contributed by atoms with Gasteiger partial charge in [-0.3, -0.25) is 9.59 Å². The first-order valence-electron chi connectivity index (χ1n) is 12.8. The van der Waals surface area contributed by atoms with E-state index in [9.17, 15) is 27.9 Å². The molecule has 0 saturated heterocycles. The fourth-order valence-electron chi connectivity index (χ4n) is 4.30. The van der Waals surface area contributed by atoms with Gasteiger partial charge in [0.25, 0.3) is 5.56 Å². The van der Waals surface area contributed by atoms with E-state index in [1.807, 2.05) is 7.05 Å². The van der Waals surface area contributed by atoms with Crippen molar-refractivity contribution < 1.29 is 23.1 Å². The first-order valence-corrected chi connectivity index (χ1v) is 14.1. The number of Topliss-reactive ketones (excluding diaryl/α,β-unsaturated/α-hetero) is 1. The number of carbonyl (C=O) groups is 1. The molecular weight excluding hydrogens is 551 g/mol. The van der Waals surface area contributed by atoms with E-state index in [1.165, 1.54) is 24.3 Å². The van der Waals surface area contributed by atoms with Crippen molar-refractivity contribution in [1.82, 2.24) is 14.8 Å². The van der Waals surface area contributed by atoms with E-state index in [4.69, 9.17) is 11.6 Å². The SMILES string of the molecule is CCN(CC)CCN(C)CCCC(=O)CSc1c(-c2cc(Cl)ccc2O)c2cc(C(F)(F)F)ccc2[nH]c1=O. The molecule has 6 nitrogen and oxygen atoms in total. The Labute approximate surface area is 235 Å². The van der Waals surface area contributed by atoms with Crippen LogP contribution < -0.4 is 5.56 Å². The summed E-state index contributed by atoms with van der Waals surface area (Å²) >= 11 is 7.09. The molecule has 0 atom stereocenters. The summed E-state index contributed by atoms with van der Waals surface area (Å²) in [6.07, 6.45) is -3.65. The third-order valence-corrected chi connectivity index (χ3v) is 7.97. The van der Waals surface area contributed by atoms with E-state index in [2.05, 4.69) is 28.6 Å². The number of aromatic amines is 1. The predicted molar refractivity (Wildman–Crippen MR) is 152 cm³/mol. The number of phenols is 1. The van der Waals surface area contributed by atoms with Gasteiger partial charge in [0.1, 0.15) is 11.5 Å². The number of thioether (sulfide) groups is 1. The molecule has 0 unspecified atom stereocenters. The molecule has 0 aliphatic rings. The van der Waals surface area contributed by atoms with Crippen molar-refractivity contribution in [3.8, 4) is 16.9 Å². The van der Waals surface area contributed by atoms with Crippen molar-refractivity contribution in [2.75, 3.05) is 45.5 Å². The first kappa shape index (κ1) is 31.0. The number of fused-ring (bicyclic) bond motifs is 1. The predicted octanol–water partition coefficient (Wildman–Crippen LogP) is 6.29. The summed E-state index contributed by atoms with van der Waals surface area (Å²) in [5, 5.41) is 10.9. The Morgan fingerprint density at radius 2 is 1.79 bits per heavy atom. The highest BCUT2D eigenvalue weighted by Crippen LogP contribution is 2.42. The minimum Gasteiger partial charge on any atom is -0.507 e. The zero-order valence-corrected chi connectivity index (χ0v) is 23.8. The van der Waals surface area contributed by atoms with Crippen molar-refractivity contribution >= 4 is 40.0 Å². The zero-order valence-electron chi connectivity index (χ0n) is 22.2. The number of aromatic hydroxyl groups is 1. The lowest BCUT2D eigenvalue weighted by molar-refractivity contribution is -0.137. The second-order valence-electron chi connectivity index (χ2n) is 9.34. The lowest BCUT2D eigenvalue weighted by atomic mass is 9.98. The number of pyridine rings is 1. The van der Waals surface area contributed by atoms with Gasteiger partial charge in [-0.25, -0.2) is 0 Å². The number of ketones is 1. The normalized spacial score (nSPS) is 12.1. The van der Waals surface area contributed by atoms with E-state index in [0.717, 1.165) is 56.6 Å². The highest BCUT2D eigenvalue weighted by Gasteiger charge is 2.31. The summed E-state index contributed by atoms with van der Waals surface area (Å²) in [5.74, 6) is -0.364. The van der Waals surface area contributed by atoms with Crippen molar-refractivity contribution in [2.45, 2.75) is 37.8 Å². The molecule has 0 amide bonds. The van der Waals surface area contributed by atoms with Gasteiger partial charge in [0.2, 0.25) is 0 Å². The van der Waals surface area contributed by atoms with Gasteiger partial charge in [-0.2, -0.15) is 13.2 Å². The minimum atomic E-state index is -4.61. The number of phenolic OH excluding ortho intramolecular Hbond substituents is 1. The van der Waals surface area contributed by atoms with Crippen molar-refractivity contribution in [2.24, 2.45) is 0 Å². The third kappa shape index (κ3) is 8.23. The van der Waals surface area contributed by atoms with Crippen molar-refractivity contribution in [3.05, 3.63) is 57.3 Å². The van der Waals surface area contributed by atoms with Crippen LogP contribution in [0.4, 0.5) is 13.2 Å².